The van der Waals surface area contributed by atoms with Gasteiger partial charge in [0.05, 0.1) is 5.02 Å². The van der Waals surface area contributed by atoms with Crippen LogP contribution < -0.4 is 5.32 Å². The molecule has 1 amide bonds. The molecule has 0 aromatic heterocycles. The Morgan fingerprint density at radius 2 is 2.24 bits per heavy atom. The van der Waals surface area contributed by atoms with Crippen molar-refractivity contribution in [2.75, 3.05) is 13.7 Å². The Morgan fingerprint density at radius 3 is 2.81 bits per heavy atom. The number of hydrogen-bond acceptors (Lipinski definition) is 3. The zero-order chi connectivity index (χ0) is 15.8. The second-order valence-corrected chi connectivity index (χ2v) is 4.56. The van der Waals surface area contributed by atoms with Gasteiger partial charge < -0.3 is 15.2 Å². The van der Waals surface area contributed by atoms with E-state index in [0.717, 1.165) is 6.08 Å². The molecule has 2 N–H and O–H groups in total. The van der Waals surface area contributed by atoms with Gasteiger partial charge in [-0.15, -0.1) is 0 Å². The van der Waals surface area contributed by atoms with Crippen molar-refractivity contribution < 1.29 is 23.8 Å². The number of halogens is 2. The van der Waals surface area contributed by atoms with Gasteiger partial charge in [0, 0.05) is 31.8 Å². The summed E-state index contributed by atoms with van der Waals surface area (Å²) in [6, 6.07) is 3.07. The predicted molar refractivity (Wildman–Crippen MR) is 76.5 cm³/mol. The molecule has 1 aromatic rings. The molecular formula is C14H15ClFNO4. The van der Waals surface area contributed by atoms with Crippen LogP contribution in [0, 0.1) is 5.82 Å². The maximum Gasteiger partial charge on any atom is 0.326 e. The Morgan fingerprint density at radius 1 is 1.52 bits per heavy atom. The lowest BCUT2D eigenvalue weighted by Gasteiger charge is -2.12. The van der Waals surface area contributed by atoms with Crippen LogP contribution in [0.3, 0.4) is 0 Å². The highest BCUT2D eigenvalue weighted by Crippen LogP contribution is 2.20. The van der Waals surface area contributed by atoms with E-state index in [0.29, 0.717) is 0 Å². The third-order valence-corrected chi connectivity index (χ3v) is 2.96. The zero-order valence-electron chi connectivity index (χ0n) is 11.3. The molecule has 0 aliphatic carbocycles. The number of carboxylic acids is 1. The molecule has 7 heteroatoms. The number of carbonyl (C=O) groups excluding carboxylic acids is 1. The maximum atomic E-state index is 13.5. The van der Waals surface area contributed by atoms with Gasteiger partial charge in [-0.2, -0.15) is 0 Å². The number of nitrogens with one attached hydrogen (secondary N) is 1. The molecule has 5 nitrogen and oxygen atoms in total. The molecule has 0 saturated carbocycles. The Balaban J connectivity index is 2.71. The van der Waals surface area contributed by atoms with Crippen LogP contribution in [-0.4, -0.2) is 36.7 Å². The maximum absolute atomic E-state index is 13.5. The Kier molecular flexibility index (Phi) is 6.84. The van der Waals surface area contributed by atoms with E-state index >= 15 is 0 Å². The molecule has 0 bridgehead atoms. The number of amides is 1. The van der Waals surface area contributed by atoms with Crippen molar-refractivity contribution >= 4 is 29.6 Å². The van der Waals surface area contributed by atoms with Crippen molar-refractivity contribution in [3.8, 4) is 0 Å². The lowest BCUT2D eigenvalue weighted by Crippen LogP contribution is -2.40. The van der Waals surface area contributed by atoms with Gasteiger partial charge >= 0.3 is 5.97 Å². The predicted octanol–water partition coefficient (Wildman–Crippen LogP) is 2.10. The van der Waals surface area contributed by atoms with Crippen LogP contribution in [-0.2, 0) is 14.3 Å². The topological polar surface area (TPSA) is 75.6 Å². The highest BCUT2D eigenvalue weighted by atomic mass is 35.5. The number of hydrogen-bond donors (Lipinski definition) is 2. The van der Waals surface area contributed by atoms with Gasteiger partial charge in [0.1, 0.15) is 11.9 Å². The molecule has 1 aromatic carbocycles. The first-order valence-electron chi connectivity index (χ1n) is 6.10. The Hall–Kier alpha value is -1.92. The summed E-state index contributed by atoms with van der Waals surface area (Å²) in [6.45, 7) is 0.195. The molecule has 0 radical (unpaired) electrons. The minimum absolute atomic E-state index is 0.0677. The van der Waals surface area contributed by atoms with Crippen molar-refractivity contribution in [2.45, 2.75) is 12.5 Å². The van der Waals surface area contributed by atoms with Gasteiger partial charge in [0.2, 0.25) is 5.91 Å². The van der Waals surface area contributed by atoms with Crippen LogP contribution in [0.25, 0.3) is 6.08 Å². The average Bonchev–Trinajstić information content (AvgIpc) is 2.42. The fourth-order valence-corrected chi connectivity index (χ4v) is 1.77. The van der Waals surface area contributed by atoms with E-state index in [2.05, 4.69) is 5.32 Å². The quantitative estimate of drug-likeness (QED) is 0.756. The second-order valence-electron chi connectivity index (χ2n) is 4.15. The number of benzene rings is 1. The first-order chi connectivity index (χ1) is 9.95. The van der Waals surface area contributed by atoms with Gasteiger partial charge in [-0.3, -0.25) is 4.79 Å². The molecule has 114 valence electrons. The molecule has 1 atom stereocenters. The summed E-state index contributed by atoms with van der Waals surface area (Å²) in [4.78, 5) is 22.6. The molecule has 0 aliphatic rings. The van der Waals surface area contributed by atoms with Crippen molar-refractivity contribution in [1.29, 1.82) is 0 Å². The largest absolute Gasteiger partial charge is 0.480 e. The number of carboxylic acid groups (broad SMARTS) is 1. The summed E-state index contributed by atoms with van der Waals surface area (Å²) in [6.07, 6.45) is 2.36. The third kappa shape index (κ3) is 5.53. The van der Waals surface area contributed by atoms with E-state index in [1.807, 2.05) is 0 Å². The molecule has 1 rings (SSSR count). The Labute approximate surface area is 126 Å². The number of carbonyl (C=O) groups is 2. The SMILES string of the molecule is COCCC(NC(=O)C=Cc1c(F)cccc1Cl)C(=O)O. The highest BCUT2D eigenvalue weighted by molar-refractivity contribution is 6.32. The molecule has 21 heavy (non-hydrogen) atoms. The molecule has 0 spiro atoms. The van der Waals surface area contributed by atoms with Gasteiger partial charge in [-0.25, -0.2) is 9.18 Å². The molecule has 0 saturated heterocycles. The van der Waals surface area contributed by atoms with E-state index in [1.54, 1.807) is 0 Å². The van der Waals surface area contributed by atoms with E-state index in [4.69, 9.17) is 21.4 Å². The van der Waals surface area contributed by atoms with Gasteiger partial charge in [-0.1, -0.05) is 17.7 Å². The van der Waals surface area contributed by atoms with E-state index < -0.39 is 23.7 Å². The van der Waals surface area contributed by atoms with Gasteiger partial charge in [0.25, 0.3) is 0 Å². The second kappa shape index (κ2) is 8.39. The van der Waals surface area contributed by atoms with Crippen molar-refractivity contribution in [3.63, 3.8) is 0 Å². The average molecular weight is 316 g/mol. The number of methoxy groups -OCH3 is 1. The lowest BCUT2D eigenvalue weighted by molar-refractivity contribution is -0.141. The summed E-state index contributed by atoms with van der Waals surface area (Å²) in [7, 11) is 1.43. The zero-order valence-corrected chi connectivity index (χ0v) is 12.1. The van der Waals surface area contributed by atoms with Crippen LogP contribution in [0.2, 0.25) is 5.02 Å². The van der Waals surface area contributed by atoms with Gasteiger partial charge in [-0.05, 0) is 18.2 Å². The van der Waals surface area contributed by atoms with E-state index in [-0.39, 0.29) is 23.6 Å². The monoisotopic (exact) mass is 315 g/mol. The number of aliphatic carboxylic acids is 1. The minimum atomic E-state index is -1.17. The van der Waals surface area contributed by atoms with Crippen molar-refractivity contribution in [1.82, 2.24) is 5.32 Å². The Bertz CT molecular complexity index is 528. The van der Waals surface area contributed by atoms with Crippen LogP contribution in [0.4, 0.5) is 4.39 Å². The number of rotatable bonds is 7. The smallest absolute Gasteiger partial charge is 0.326 e. The van der Waals surface area contributed by atoms with Crippen LogP contribution in [0.1, 0.15) is 12.0 Å². The lowest BCUT2D eigenvalue weighted by atomic mass is 10.2. The molecule has 0 fully saturated rings. The summed E-state index contributed by atoms with van der Waals surface area (Å²) >= 11 is 5.80. The van der Waals surface area contributed by atoms with Crippen molar-refractivity contribution in [2.24, 2.45) is 0 Å². The molecule has 1 unspecified atom stereocenters. The standard InChI is InChI=1S/C14H15ClFNO4/c1-21-8-7-12(14(19)20)17-13(18)6-5-9-10(15)3-2-4-11(9)16/h2-6,12H,7-8H2,1H3,(H,17,18)(H,19,20). The molecule has 0 heterocycles. The normalized spacial score (nSPS) is 12.3. The third-order valence-electron chi connectivity index (χ3n) is 2.63. The fraction of sp³-hybridized carbons (Fsp3) is 0.286. The highest BCUT2D eigenvalue weighted by Gasteiger charge is 2.18. The molecular weight excluding hydrogens is 301 g/mol. The first-order valence-corrected chi connectivity index (χ1v) is 6.48. The molecule has 0 aliphatic heterocycles. The van der Waals surface area contributed by atoms with Crippen molar-refractivity contribution in [3.05, 3.63) is 40.7 Å². The van der Waals surface area contributed by atoms with E-state index in [9.17, 15) is 14.0 Å². The summed E-state index contributed by atoms with van der Waals surface area (Å²) in [5.74, 6) is -2.39. The summed E-state index contributed by atoms with van der Waals surface area (Å²) < 4.78 is 18.2. The van der Waals surface area contributed by atoms with Crippen LogP contribution in [0.15, 0.2) is 24.3 Å². The minimum Gasteiger partial charge on any atom is -0.480 e. The van der Waals surface area contributed by atoms with E-state index in [1.165, 1.54) is 31.4 Å². The summed E-state index contributed by atoms with van der Waals surface area (Å²) in [5.41, 5.74) is 0.0677. The fourth-order valence-electron chi connectivity index (χ4n) is 1.54. The van der Waals surface area contributed by atoms with Crippen LogP contribution >= 0.6 is 11.6 Å². The summed E-state index contributed by atoms with van der Waals surface area (Å²) in [5, 5.41) is 11.4. The van der Waals surface area contributed by atoms with Gasteiger partial charge in [0.15, 0.2) is 0 Å². The number of ether oxygens (including phenoxy) is 1. The van der Waals surface area contributed by atoms with Crippen LogP contribution in [0.5, 0.6) is 0 Å². The first kappa shape index (κ1) is 17.1.